The number of carbonyl (C=O) groups is 1. The maximum Gasteiger partial charge on any atom is 0.341 e. The van der Waals surface area contributed by atoms with E-state index in [1.165, 1.54) is 0 Å². The molecular weight excluding hydrogens is 337 g/mol. The standard InChI is InChI=1S/C17H11F3N2O3/c18-11-12(19)14(21-6-8-4-2-1-3-5-8)10-15(13(11)20)22-7-9(16(10)23)17(24)25/h1-5,7,21H,6H2,(H,22,23)(H,24,25). The summed E-state index contributed by atoms with van der Waals surface area (Å²) >= 11 is 0. The fraction of sp³-hybridized carbons (Fsp3) is 0.0588. The van der Waals surface area contributed by atoms with Gasteiger partial charge in [-0.3, -0.25) is 4.79 Å². The Labute approximate surface area is 138 Å². The number of nitrogens with one attached hydrogen (secondary N) is 2. The molecule has 0 radical (unpaired) electrons. The van der Waals surface area contributed by atoms with E-state index in [4.69, 9.17) is 5.11 Å². The molecule has 25 heavy (non-hydrogen) atoms. The van der Waals surface area contributed by atoms with Crippen molar-refractivity contribution in [2.24, 2.45) is 0 Å². The van der Waals surface area contributed by atoms with Crippen molar-refractivity contribution in [3.63, 3.8) is 0 Å². The molecule has 0 bridgehead atoms. The van der Waals surface area contributed by atoms with Crippen LogP contribution in [0.15, 0.2) is 41.3 Å². The molecule has 3 N–H and O–H groups in total. The van der Waals surface area contributed by atoms with E-state index in [1.807, 2.05) is 0 Å². The highest BCUT2D eigenvalue weighted by molar-refractivity contribution is 5.97. The number of carboxylic acid groups (broad SMARTS) is 1. The average molecular weight is 348 g/mol. The number of hydrogen-bond acceptors (Lipinski definition) is 3. The van der Waals surface area contributed by atoms with Crippen LogP contribution in [-0.2, 0) is 6.54 Å². The normalized spacial score (nSPS) is 10.8. The second-order valence-corrected chi connectivity index (χ2v) is 5.24. The zero-order valence-electron chi connectivity index (χ0n) is 12.6. The Bertz CT molecular complexity index is 1030. The van der Waals surface area contributed by atoms with Crippen molar-refractivity contribution in [2.45, 2.75) is 6.54 Å². The van der Waals surface area contributed by atoms with Crippen LogP contribution < -0.4 is 10.7 Å². The van der Waals surface area contributed by atoms with Crippen LogP contribution in [0.2, 0.25) is 0 Å². The van der Waals surface area contributed by atoms with Gasteiger partial charge in [0.1, 0.15) is 5.56 Å². The molecule has 8 heteroatoms. The van der Waals surface area contributed by atoms with Crippen molar-refractivity contribution < 1.29 is 23.1 Å². The van der Waals surface area contributed by atoms with Gasteiger partial charge < -0.3 is 15.4 Å². The summed E-state index contributed by atoms with van der Waals surface area (Å²) in [4.78, 5) is 25.6. The molecule has 0 aliphatic heterocycles. The second-order valence-electron chi connectivity index (χ2n) is 5.24. The van der Waals surface area contributed by atoms with Gasteiger partial charge in [0.05, 0.1) is 16.6 Å². The maximum absolute atomic E-state index is 14.2. The summed E-state index contributed by atoms with van der Waals surface area (Å²) in [5.74, 6) is -6.51. The van der Waals surface area contributed by atoms with Crippen LogP contribution in [0, 0.1) is 17.5 Å². The van der Waals surface area contributed by atoms with Crippen LogP contribution >= 0.6 is 0 Å². The number of benzene rings is 2. The lowest BCUT2D eigenvalue weighted by Crippen LogP contribution is -2.19. The van der Waals surface area contributed by atoms with Gasteiger partial charge in [-0.2, -0.15) is 0 Å². The van der Waals surface area contributed by atoms with Gasteiger partial charge in [0.15, 0.2) is 17.5 Å². The van der Waals surface area contributed by atoms with Gasteiger partial charge in [-0.1, -0.05) is 30.3 Å². The van der Waals surface area contributed by atoms with Crippen LogP contribution in [0.5, 0.6) is 0 Å². The predicted molar refractivity (Wildman–Crippen MR) is 85.2 cm³/mol. The number of halogens is 3. The van der Waals surface area contributed by atoms with Crippen LogP contribution in [0.4, 0.5) is 18.9 Å². The van der Waals surface area contributed by atoms with Crippen LogP contribution in [0.25, 0.3) is 10.9 Å². The highest BCUT2D eigenvalue weighted by atomic mass is 19.2. The number of rotatable bonds is 4. The van der Waals surface area contributed by atoms with E-state index in [2.05, 4.69) is 10.3 Å². The first kappa shape index (κ1) is 16.6. The largest absolute Gasteiger partial charge is 0.477 e. The van der Waals surface area contributed by atoms with Crippen LogP contribution in [0.3, 0.4) is 0 Å². The number of aromatic carboxylic acids is 1. The molecule has 5 nitrogen and oxygen atoms in total. The lowest BCUT2D eigenvalue weighted by molar-refractivity contribution is 0.0695. The number of pyridine rings is 1. The van der Waals surface area contributed by atoms with E-state index >= 15 is 0 Å². The van der Waals surface area contributed by atoms with Gasteiger partial charge >= 0.3 is 5.97 Å². The van der Waals surface area contributed by atoms with Crippen LogP contribution in [-0.4, -0.2) is 16.1 Å². The van der Waals surface area contributed by atoms with Gasteiger partial charge in [-0.25, -0.2) is 18.0 Å². The lowest BCUT2D eigenvalue weighted by atomic mass is 10.1. The van der Waals surface area contributed by atoms with E-state index in [-0.39, 0.29) is 6.54 Å². The molecule has 2 aromatic carbocycles. The SMILES string of the molecule is O=C(O)c1c[nH]c2c(F)c(F)c(F)c(NCc3ccccc3)c2c1=O. The number of aromatic nitrogens is 1. The molecule has 3 rings (SSSR count). The van der Waals surface area contributed by atoms with E-state index < -0.39 is 51.0 Å². The Balaban J connectivity index is 2.23. The lowest BCUT2D eigenvalue weighted by Gasteiger charge is -2.13. The minimum Gasteiger partial charge on any atom is -0.477 e. The first-order chi connectivity index (χ1) is 11.9. The molecule has 0 unspecified atom stereocenters. The topological polar surface area (TPSA) is 82.2 Å². The zero-order valence-corrected chi connectivity index (χ0v) is 12.6. The molecule has 0 spiro atoms. The molecule has 128 valence electrons. The number of H-pyrrole nitrogens is 1. The molecule has 0 saturated carbocycles. The molecule has 0 aliphatic carbocycles. The summed E-state index contributed by atoms with van der Waals surface area (Å²) in [6, 6.07) is 8.64. The van der Waals surface area contributed by atoms with E-state index in [1.54, 1.807) is 30.3 Å². The van der Waals surface area contributed by atoms with Gasteiger partial charge in [0.2, 0.25) is 5.43 Å². The molecule has 1 heterocycles. The Morgan fingerprint density at radius 1 is 1.08 bits per heavy atom. The average Bonchev–Trinajstić information content (AvgIpc) is 2.60. The Hall–Kier alpha value is -3.29. The number of carboxylic acids is 1. The summed E-state index contributed by atoms with van der Waals surface area (Å²) < 4.78 is 42.0. The Morgan fingerprint density at radius 2 is 1.76 bits per heavy atom. The summed E-state index contributed by atoms with van der Waals surface area (Å²) in [7, 11) is 0. The molecule has 0 fully saturated rings. The molecule has 0 aliphatic rings. The maximum atomic E-state index is 14.2. The van der Waals surface area contributed by atoms with Crippen molar-refractivity contribution in [2.75, 3.05) is 5.32 Å². The van der Waals surface area contributed by atoms with Gasteiger partial charge in [0, 0.05) is 12.7 Å². The number of hydrogen-bond donors (Lipinski definition) is 3. The molecule has 0 saturated heterocycles. The quantitative estimate of drug-likeness (QED) is 0.632. The highest BCUT2D eigenvalue weighted by Gasteiger charge is 2.24. The molecule has 0 atom stereocenters. The summed E-state index contributed by atoms with van der Waals surface area (Å²) in [6.07, 6.45) is 0.744. The van der Waals surface area contributed by atoms with Crippen molar-refractivity contribution >= 4 is 22.6 Å². The van der Waals surface area contributed by atoms with E-state index in [9.17, 15) is 22.8 Å². The monoisotopic (exact) mass is 348 g/mol. The van der Waals surface area contributed by atoms with Crippen molar-refractivity contribution in [3.8, 4) is 0 Å². The zero-order chi connectivity index (χ0) is 18.1. The van der Waals surface area contributed by atoms with E-state index in [0.717, 1.165) is 6.20 Å². The summed E-state index contributed by atoms with van der Waals surface area (Å²) in [6.45, 7) is 0.0225. The first-order valence-corrected chi connectivity index (χ1v) is 7.14. The molecular formula is C17H11F3N2O3. The fourth-order valence-electron chi connectivity index (χ4n) is 2.48. The number of anilines is 1. The third kappa shape index (κ3) is 2.82. The third-order valence-electron chi connectivity index (χ3n) is 3.70. The van der Waals surface area contributed by atoms with Crippen molar-refractivity contribution in [1.29, 1.82) is 0 Å². The first-order valence-electron chi connectivity index (χ1n) is 7.14. The molecule has 3 aromatic rings. The summed E-state index contributed by atoms with van der Waals surface area (Å²) in [5, 5.41) is 11.0. The smallest absolute Gasteiger partial charge is 0.341 e. The minimum absolute atomic E-state index is 0.0225. The minimum atomic E-state index is -1.76. The van der Waals surface area contributed by atoms with Gasteiger partial charge in [-0.05, 0) is 5.56 Å². The fourth-order valence-corrected chi connectivity index (χ4v) is 2.48. The van der Waals surface area contributed by atoms with Crippen molar-refractivity contribution in [1.82, 2.24) is 4.98 Å². The number of aromatic amines is 1. The number of fused-ring (bicyclic) bond motifs is 1. The van der Waals surface area contributed by atoms with Crippen molar-refractivity contribution in [3.05, 3.63) is 75.3 Å². The molecule has 1 aromatic heterocycles. The van der Waals surface area contributed by atoms with Gasteiger partial charge in [0.25, 0.3) is 0 Å². The molecule has 0 amide bonds. The predicted octanol–water partition coefficient (Wildman–Crippen LogP) is 3.26. The summed E-state index contributed by atoms with van der Waals surface area (Å²) in [5.41, 5.74) is -2.33. The highest BCUT2D eigenvalue weighted by Crippen LogP contribution is 2.29. The Morgan fingerprint density at radius 3 is 2.40 bits per heavy atom. The second kappa shape index (κ2) is 6.31. The van der Waals surface area contributed by atoms with E-state index in [0.29, 0.717) is 5.56 Å². The van der Waals surface area contributed by atoms with Crippen LogP contribution in [0.1, 0.15) is 15.9 Å². The Kier molecular flexibility index (Phi) is 4.18. The van der Waals surface area contributed by atoms with Gasteiger partial charge in [-0.15, -0.1) is 0 Å². The third-order valence-corrected chi connectivity index (χ3v) is 3.70.